The number of benzene rings is 1. The maximum Gasteiger partial charge on any atom is 0.295 e. The normalized spacial score (nSPS) is 18.3. The average Bonchev–Trinajstić information content (AvgIpc) is 3.01. The van der Waals surface area contributed by atoms with E-state index in [0.29, 0.717) is 29.4 Å². The molecule has 0 saturated carbocycles. The lowest BCUT2D eigenvalue weighted by atomic mass is 9.96. The van der Waals surface area contributed by atoms with Crippen LogP contribution in [-0.4, -0.2) is 53.5 Å². The minimum absolute atomic E-state index is 0.0538. The fraction of sp³-hybridized carbons (Fsp3) is 0.348. The van der Waals surface area contributed by atoms with Crippen LogP contribution >= 0.6 is 0 Å². The fourth-order valence-electron chi connectivity index (χ4n) is 3.32. The van der Waals surface area contributed by atoms with Gasteiger partial charge < -0.3 is 19.5 Å². The summed E-state index contributed by atoms with van der Waals surface area (Å²) in [6.45, 7) is 5.20. The first-order chi connectivity index (χ1) is 14.4. The number of aromatic nitrogens is 1. The molecule has 1 aliphatic heterocycles. The number of aliphatic hydroxyl groups excluding tert-OH is 1. The monoisotopic (exact) mass is 410 g/mol. The fourth-order valence-corrected chi connectivity index (χ4v) is 3.32. The molecule has 1 saturated heterocycles. The van der Waals surface area contributed by atoms with Gasteiger partial charge in [-0.3, -0.25) is 14.6 Å². The Morgan fingerprint density at radius 3 is 2.40 bits per heavy atom. The molecular formula is C23H26N2O5. The molecule has 3 rings (SSSR count). The van der Waals surface area contributed by atoms with Gasteiger partial charge in [-0.2, -0.15) is 0 Å². The third-order valence-corrected chi connectivity index (χ3v) is 4.81. The van der Waals surface area contributed by atoms with Crippen molar-refractivity contribution in [2.75, 3.05) is 26.9 Å². The molecule has 0 radical (unpaired) electrons. The molecule has 2 heterocycles. The summed E-state index contributed by atoms with van der Waals surface area (Å²) in [5.41, 5.74) is 1.19. The van der Waals surface area contributed by atoms with Crippen molar-refractivity contribution in [3.05, 3.63) is 65.5 Å². The van der Waals surface area contributed by atoms with Crippen LogP contribution in [0.2, 0.25) is 0 Å². The maximum absolute atomic E-state index is 12.8. The molecule has 0 aliphatic carbocycles. The topological polar surface area (TPSA) is 89.0 Å². The number of carbonyl (C=O) groups excluding carboxylic acids is 2. The second kappa shape index (κ2) is 9.54. The summed E-state index contributed by atoms with van der Waals surface area (Å²) in [6, 6.07) is 9.58. The van der Waals surface area contributed by atoms with E-state index < -0.39 is 17.7 Å². The van der Waals surface area contributed by atoms with Crippen molar-refractivity contribution in [3.63, 3.8) is 0 Å². The van der Waals surface area contributed by atoms with Crippen LogP contribution in [0, 0.1) is 5.92 Å². The maximum atomic E-state index is 12.8. The molecule has 0 bridgehead atoms. The molecule has 1 N–H and O–H groups in total. The van der Waals surface area contributed by atoms with E-state index in [1.54, 1.807) is 48.8 Å². The van der Waals surface area contributed by atoms with Crippen molar-refractivity contribution in [1.82, 2.24) is 9.88 Å². The van der Waals surface area contributed by atoms with Crippen LogP contribution in [-0.2, 0) is 14.3 Å². The van der Waals surface area contributed by atoms with Gasteiger partial charge in [0.1, 0.15) is 11.5 Å². The molecule has 0 spiro atoms. The number of carbonyl (C=O) groups is 2. The zero-order valence-corrected chi connectivity index (χ0v) is 17.4. The smallest absolute Gasteiger partial charge is 0.295 e. The number of methoxy groups -OCH3 is 1. The van der Waals surface area contributed by atoms with Crippen molar-refractivity contribution in [2.24, 2.45) is 5.92 Å². The van der Waals surface area contributed by atoms with E-state index in [-0.39, 0.29) is 24.5 Å². The van der Waals surface area contributed by atoms with Crippen LogP contribution in [0.15, 0.2) is 54.4 Å². The molecule has 1 atom stereocenters. The van der Waals surface area contributed by atoms with Gasteiger partial charge in [-0.15, -0.1) is 0 Å². The van der Waals surface area contributed by atoms with E-state index in [1.165, 1.54) is 12.0 Å². The van der Waals surface area contributed by atoms with Crippen molar-refractivity contribution < 1.29 is 24.2 Å². The molecule has 158 valence electrons. The van der Waals surface area contributed by atoms with Crippen LogP contribution in [0.3, 0.4) is 0 Å². The van der Waals surface area contributed by atoms with E-state index in [9.17, 15) is 14.7 Å². The molecule has 1 amide bonds. The predicted molar refractivity (Wildman–Crippen MR) is 112 cm³/mol. The van der Waals surface area contributed by atoms with Crippen LogP contribution < -0.4 is 4.74 Å². The van der Waals surface area contributed by atoms with E-state index >= 15 is 0 Å². The number of Topliss-reactive ketones (excluding diaryl/α,β-unsaturated/α-hetero) is 1. The van der Waals surface area contributed by atoms with Crippen LogP contribution in [0.1, 0.15) is 31.0 Å². The third kappa shape index (κ3) is 4.52. The van der Waals surface area contributed by atoms with Crippen molar-refractivity contribution >= 4 is 17.4 Å². The highest BCUT2D eigenvalue weighted by Gasteiger charge is 2.45. The Morgan fingerprint density at radius 2 is 1.80 bits per heavy atom. The first-order valence-corrected chi connectivity index (χ1v) is 9.84. The first-order valence-electron chi connectivity index (χ1n) is 9.84. The molecule has 1 aliphatic rings. The number of hydrogen-bond acceptors (Lipinski definition) is 6. The van der Waals surface area contributed by atoms with Crippen LogP contribution in [0.25, 0.3) is 5.76 Å². The number of pyridine rings is 1. The van der Waals surface area contributed by atoms with E-state index in [0.717, 1.165) is 0 Å². The standard InChI is InChI=1S/C23H26N2O5/c1-15(2)14-30-18-6-4-17(5-7-18)21(26)19-20(16-8-10-24-11-9-16)25(12-13-29-3)23(28)22(19)27/h4-11,15,20,26H,12-14H2,1-3H3. The number of ether oxygens (including phenoxy) is 2. The number of ketones is 1. The number of hydrogen-bond donors (Lipinski definition) is 1. The SMILES string of the molecule is COCCN1C(=O)C(=O)C(=C(O)c2ccc(OCC(C)C)cc2)C1c1ccncc1. The Hall–Kier alpha value is -3.19. The number of aliphatic hydroxyl groups is 1. The number of nitrogens with zero attached hydrogens (tertiary/aromatic N) is 2. The highest BCUT2D eigenvalue weighted by molar-refractivity contribution is 6.46. The second-order valence-corrected chi connectivity index (χ2v) is 7.50. The lowest BCUT2D eigenvalue weighted by Crippen LogP contribution is -2.32. The third-order valence-electron chi connectivity index (χ3n) is 4.81. The Kier molecular flexibility index (Phi) is 6.84. The Bertz CT molecular complexity index is 922. The zero-order chi connectivity index (χ0) is 21.7. The molecule has 7 heteroatoms. The van der Waals surface area contributed by atoms with Gasteiger partial charge in [0.05, 0.1) is 24.8 Å². The molecule has 1 aromatic heterocycles. The summed E-state index contributed by atoms with van der Waals surface area (Å²) in [7, 11) is 1.53. The molecule has 1 unspecified atom stereocenters. The van der Waals surface area contributed by atoms with Gasteiger partial charge in [0.2, 0.25) is 0 Å². The van der Waals surface area contributed by atoms with Gasteiger partial charge in [0.15, 0.2) is 0 Å². The minimum atomic E-state index is -0.717. The largest absolute Gasteiger partial charge is 0.507 e. The van der Waals surface area contributed by atoms with Gasteiger partial charge in [-0.25, -0.2) is 0 Å². The summed E-state index contributed by atoms with van der Waals surface area (Å²) in [6.07, 6.45) is 3.18. The molecule has 30 heavy (non-hydrogen) atoms. The lowest BCUT2D eigenvalue weighted by molar-refractivity contribution is -0.140. The highest BCUT2D eigenvalue weighted by Crippen LogP contribution is 2.39. The van der Waals surface area contributed by atoms with Gasteiger partial charge >= 0.3 is 0 Å². The second-order valence-electron chi connectivity index (χ2n) is 7.50. The Morgan fingerprint density at radius 1 is 1.13 bits per heavy atom. The van der Waals surface area contributed by atoms with Gasteiger partial charge in [0.25, 0.3) is 11.7 Å². The van der Waals surface area contributed by atoms with Crippen LogP contribution in [0.4, 0.5) is 0 Å². The zero-order valence-electron chi connectivity index (χ0n) is 17.4. The van der Waals surface area contributed by atoms with Gasteiger partial charge in [-0.1, -0.05) is 13.8 Å². The molecule has 7 nitrogen and oxygen atoms in total. The summed E-state index contributed by atoms with van der Waals surface area (Å²) in [4.78, 5) is 30.9. The molecule has 1 aromatic carbocycles. The van der Waals surface area contributed by atoms with Crippen molar-refractivity contribution in [1.29, 1.82) is 0 Å². The number of rotatable bonds is 8. The summed E-state index contributed by atoms with van der Waals surface area (Å²) < 4.78 is 10.8. The lowest BCUT2D eigenvalue weighted by Gasteiger charge is -2.24. The van der Waals surface area contributed by atoms with E-state index in [2.05, 4.69) is 18.8 Å². The van der Waals surface area contributed by atoms with Gasteiger partial charge in [0, 0.05) is 31.6 Å². The average molecular weight is 410 g/mol. The molecular weight excluding hydrogens is 384 g/mol. The summed E-state index contributed by atoms with van der Waals surface area (Å²) in [5.74, 6) is -0.531. The van der Waals surface area contributed by atoms with E-state index in [1.807, 2.05) is 0 Å². The Labute approximate surface area is 175 Å². The highest BCUT2D eigenvalue weighted by atomic mass is 16.5. The summed E-state index contributed by atoms with van der Waals surface area (Å²) in [5, 5.41) is 11.0. The number of likely N-dealkylation sites (tertiary alicyclic amines) is 1. The van der Waals surface area contributed by atoms with Crippen LogP contribution in [0.5, 0.6) is 5.75 Å². The van der Waals surface area contributed by atoms with Crippen molar-refractivity contribution in [3.8, 4) is 5.75 Å². The van der Waals surface area contributed by atoms with Gasteiger partial charge in [-0.05, 0) is 47.9 Å². The van der Waals surface area contributed by atoms with Crippen molar-refractivity contribution in [2.45, 2.75) is 19.9 Å². The number of amides is 1. The Balaban J connectivity index is 2.00. The molecule has 1 fully saturated rings. The summed E-state index contributed by atoms with van der Waals surface area (Å²) >= 11 is 0. The quantitative estimate of drug-likeness (QED) is 0.408. The molecule has 2 aromatic rings. The minimum Gasteiger partial charge on any atom is -0.507 e. The predicted octanol–water partition coefficient (Wildman–Crippen LogP) is 3.18. The first kappa shape index (κ1) is 21.5. The van der Waals surface area contributed by atoms with E-state index in [4.69, 9.17) is 9.47 Å².